The van der Waals surface area contributed by atoms with E-state index in [1.54, 1.807) is 20.8 Å². The van der Waals surface area contributed by atoms with Crippen molar-refractivity contribution < 1.29 is 29.0 Å². The van der Waals surface area contributed by atoms with Crippen molar-refractivity contribution in [2.75, 3.05) is 20.3 Å². The SMILES string of the molecule is CO[C@H](C)[C@H](NC(=O)OCC1c2ccccc2-c2ccccc21)C(=O)NCC(C)(C)CC(=O)O. The van der Waals surface area contributed by atoms with Crippen molar-refractivity contribution in [2.24, 2.45) is 5.41 Å². The lowest BCUT2D eigenvalue weighted by Gasteiger charge is -2.27. The molecule has 0 spiro atoms. The second-order valence-electron chi connectivity index (χ2n) is 9.34. The molecule has 34 heavy (non-hydrogen) atoms. The molecule has 0 saturated carbocycles. The standard InChI is InChI=1S/C26H32N2O6/c1-16(33-4)23(24(31)27-15-26(2,3)13-22(29)30)28-25(32)34-14-21-19-11-7-5-9-17(19)18-10-6-8-12-20(18)21/h5-12,16,21,23H,13-15H2,1-4H3,(H,27,31)(H,28,32)(H,29,30)/t16-,23+/m1/s1. The van der Waals surface area contributed by atoms with Crippen molar-refractivity contribution in [3.05, 3.63) is 59.7 Å². The van der Waals surface area contributed by atoms with Crippen LogP contribution in [0.3, 0.4) is 0 Å². The summed E-state index contributed by atoms with van der Waals surface area (Å²) in [5.74, 6) is -1.51. The van der Waals surface area contributed by atoms with Crippen molar-refractivity contribution in [1.82, 2.24) is 10.6 Å². The number of fused-ring (bicyclic) bond motifs is 3. The van der Waals surface area contributed by atoms with Crippen molar-refractivity contribution in [1.29, 1.82) is 0 Å². The summed E-state index contributed by atoms with van der Waals surface area (Å²) in [4.78, 5) is 36.5. The first kappa shape index (κ1) is 25.2. The van der Waals surface area contributed by atoms with Crippen LogP contribution in [-0.4, -0.2) is 55.5 Å². The highest BCUT2D eigenvalue weighted by atomic mass is 16.5. The van der Waals surface area contributed by atoms with Crippen LogP contribution in [0, 0.1) is 5.41 Å². The molecule has 0 fully saturated rings. The Bertz CT molecular complexity index is 1010. The highest BCUT2D eigenvalue weighted by Crippen LogP contribution is 2.44. The molecular weight excluding hydrogens is 436 g/mol. The lowest BCUT2D eigenvalue weighted by atomic mass is 9.89. The number of benzene rings is 2. The molecular formula is C26H32N2O6. The maximum atomic E-state index is 12.8. The predicted molar refractivity (Wildman–Crippen MR) is 128 cm³/mol. The molecule has 0 radical (unpaired) electrons. The molecule has 2 atom stereocenters. The third kappa shape index (κ3) is 5.94. The zero-order chi connectivity index (χ0) is 24.9. The van der Waals surface area contributed by atoms with Gasteiger partial charge in [0.15, 0.2) is 0 Å². The fourth-order valence-electron chi connectivity index (χ4n) is 4.21. The molecule has 1 aliphatic carbocycles. The van der Waals surface area contributed by atoms with Gasteiger partial charge in [0.1, 0.15) is 12.6 Å². The van der Waals surface area contributed by atoms with E-state index in [0.29, 0.717) is 0 Å². The fourth-order valence-corrected chi connectivity index (χ4v) is 4.21. The molecule has 0 heterocycles. The van der Waals surface area contributed by atoms with E-state index in [1.165, 1.54) is 7.11 Å². The van der Waals surface area contributed by atoms with Crippen molar-refractivity contribution >= 4 is 18.0 Å². The van der Waals surface area contributed by atoms with Crippen LogP contribution < -0.4 is 10.6 Å². The first-order chi connectivity index (χ1) is 16.1. The number of nitrogens with one attached hydrogen (secondary N) is 2. The quantitative estimate of drug-likeness (QED) is 0.491. The third-order valence-electron chi connectivity index (χ3n) is 6.11. The number of aliphatic carboxylic acids is 1. The predicted octanol–water partition coefficient (Wildman–Crippen LogP) is 3.55. The normalized spacial score (nSPS) is 14.5. The molecule has 1 aliphatic rings. The van der Waals surface area contributed by atoms with Crippen molar-refractivity contribution in [2.45, 2.75) is 45.3 Å². The molecule has 182 valence electrons. The number of ether oxygens (including phenoxy) is 2. The Morgan fingerprint density at radius 2 is 1.59 bits per heavy atom. The average Bonchev–Trinajstić information content (AvgIpc) is 3.12. The summed E-state index contributed by atoms with van der Waals surface area (Å²) < 4.78 is 10.8. The summed E-state index contributed by atoms with van der Waals surface area (Å²) in [5, 5.41) is 14.4. The molecule has 0 bridgehead atoms. The molecule has 3 rings (SSSR count). The monoisotopic (exact) mass is 468 g/mol. The van der Waals surface area contributed by atoms with E-state index >= 15 is 0 Å². The van der Waals surface area contributed by atoms with Crippen LogP contribution in [0.25, 0.3) is 11.1 Å². The minimum atomic E-state index is -0.999. The van der Waals surface area contributed by atoms with Crippen LogP contribution in [0.4, 0.5) is 4.79 Å². The Morgan fingerprint density at radius 1 is 1.03 bits per heavy atom. The second kappa shape index (κ2) is 10.7. The van der Waals surface area contributed by atoms with E-state index in [2.05, 4.69) is 22.8 Å². The zero-order valence-corrected chi connectivity index (χ0v) is 20.0. The Morgan fingerprint density at radius 3 is 2.12 bits per heavy atom. The van der Waals surface area contributed by atoms with Gasteiger partial charge in [0, 0.05) is 19.6 Å². The van der Waals surface area contributed by atoms with Gasteiger partial charge in [-0.2, -0.15) is 0 Å². The van der Waals surface area contributed by atoms with Crippen LogP contribution in [0.5, 0.6) is 0 Å². The minimum absolute atomic E-state index is 0.0953. The summed E-state index contributed by atoms with van der Waals surface area (Å²) in [6.07, 6.45) is -1.45. The first-order valence-electron chi connectivity index (χ1n) is 11.3. The van der Waals surface area contributed by atoms with E-state index in [9.17, 15) is 14.4 Å². The van der Waals surface area contributed by atoms with Crippen molar-refractivity contribution in [3.8, 4) is 11.1 Å². The number of methoxy groups -OCH3 is 1. The number of hydrogen-bond donors (Lipinski definition) is 3. The highest BCUT2D eigenvalue weighted by Gasteiger charge is 2.32. The van der Waals surface area contributed by atoms with E-state index in [4.69, 9.17) is 14.6 Å². The van der Waals surface area contributed by atoms with Gasteiger partial charge in [-0.1, -0.05) is 62.4 Å². The molecule has 0 aliphatic heterocycles. The summed E-state index contributed by atoms with van der Waals surface area (Å²) in [6.45, 7) is 5.42. The Kier molecular flexibility index (Phi) is 7.94. The van der Waals surface area contributed by atoms with Crippen molar-refractivity contribution in [3.63, 3.8) is 0 Å². The van der Waals surface area contributed by atoms with E-state index in [0.717, 1.165) is 22.3 Å². The van der Waals surface area contributed by atoms with Gasteiger partial charge in [-0.25, -0.2) is 4.79 Å². The van der Waals surface area contributed by atoms with Gasteiger partial charge >= 0.3 is 12.1 Å². The van der Waals surface area contributed by atoms with Gasteiger partial charge in [-0.15, -0.1) is 0 Å². The molecule has 8 nitrogen and oxygen atoms in total. The molecule has 8 heteroatoms. The van der Waals surface area contributed by atoms with E-state index < -0.39 is 35.5 Å². The molecule has 2 aromatic rings. The van der Waals surface area contributed by atoms with Gasteiger partial charge in [0.2, 0.25) is 5.91 Å². The molecule has 2 aromatic carbocycles. The number of amides is 2. The number of hydrogen-bond acceptors (Lipinski definition) is 5. The molecule has 0 saturated heterocycles. The number of alkyl carbamates (subject to hydrolysis) is 1. The summed E-state index contributed by atoms with van der Waals surface area (Å²) in [5.41, 5.74) is 3.79. The number of carboxylic acids is 1. The minimum Gasteiger partial charge on any atom is -0.481 e. The van der Waals surface area contributed by atoms with Gasteiger partial charge in [-0.3, -0.25) is 9.59 Å². The highest BCUT2D eigenvalue weighted by molar-refractivity contribution is 5.86. The third-order valence-corrected chi connectivity index (χ3v) is 6.11. The number of carbonyl (C=O) groups excluding carboxylic acids is 2. The summed E-state index contributed by atoms with van der Waals surface area (Å²) in [7, 11) is 1.44. The van der Waals surface area contributed by atoms with Gasteiger partial charge in [0.25, 0.3) is 0 Å². The van der Waals surface area contributed by atoms with Crippen LogP contribution >= 0.6 is 0 Å². The average molecular weight is 469 g/mol. The van der Waals surface area contributed by atoms with Gasteiger partial charge in [-0.05, 0) is 34.6 Å². The smallest absolute Gasteiger partial charge is 0.407 e. The van der Waals surface area contributed by atoms with Crippen LogP contribution in [0.1, 0.15) is 44.2 Å². The Hall–Kier alpha value is -3.39. The number of carbonyl (C=O) groups is 3. The van der Waals surface area contributed by atoms with E-state index in [1.807, 2.05) is 36.4 Å². The Labute approximate surface area is 199 Å². The lowest BCUT2D eigenvalue weighted by molar-refractivity contribution is -0.139. The van der Waals surface area contributed by atoms with E-state index in [-0.39, 0.29) is 25.5 Å². The van der Waals surface area contributed by atoms with Gasteiger partial charge in [0.05, 0.1) is 12.5 Å². The maximum absolute atomic E-state index is 12.8. The largest absolute Gasteiger partial charge is 0.481 e. The van der Waals surface area contributed by atoms with Gasteiger partial charge < -0.3 is 25.2 Å². The first-order valence-corrected chi connectivity index (χ1v) is 11.3. The molecule has 2 amide bonds. The van der Waals surface area contributed by atoms with Crippen LogP contribution in [0.2, 0.25) is 0 Å². The second-order valence-corrected chi connectivity index (χ2v) is 9.34. The molecule has 3 N–H and O–H groups in total. The fraction of sp³-hybridized carbons (Fsp3) is 0.423. The summed E-state index contributed by atoms with van der Waals surface area (Å²) >= 11 is 0. The topological polar surface area (TPSA) is 114 Å². The lowest BCUT2D eigenvalue weighted by Crippen LogP contribution is -2.54. The zero-order valence-electron chi connectivity index (χ0n) is 20.0. The Balaban J connectivity index is 1.63. The number of rotatable bonds is 10. The maximum Gasteiger partial charge on any atom is 0.407 e. The summed E-state index contributed by atoms with van der Waals surface area (Å²) in [6, 6.07) is 15.1. The molecule has 0 aromatic heterocycles. The molecule has 0 unspecified atom stereocenters. The van der Waals surface area contributed by atoms with Crippen LogP contribution in [0.15, 0.2) is 48.5 Å². The number of carboxylic acid groups (broad SMARTS) is 1. The van der Waals surface area contributed by atoms with Crippen LogP contribution in [-0.2, 0) is 19.1 Å².